The molecule has 0 aromatic carbocycles. The lowest BCUT2D eigenvalue weighted by Gasteiger charge is -2.29. The van der Waals surface area contributed by atoms with E-state index in [9.17, 15) is 14.0 Å². The summed E-state index contributed by atoms with van der Waals surface area (Å²) in [4.78, 5) is 37.0. The van der Waals surface area contributed by atoms with Gasteiger partial charge in [-0.25, -0.2) is 4.39 Å². The molecule has 2 amide bonds. The van der Waals surface area contributed by atoms with Gasteiger partial charge >= 0.3 is 0 Å². The van der Waals surface area contributed by atoms with Crippen LogP contribution in [0.1, 0.15) is 27.2 Å². The van der Waals surface area contributed by atoms with Crippen LogP contribution in [0.2, 0.25) is 0 Å². The molecule has 1 saturated heterocycles. The minimum Gasteiger partial charge on any atom is -0.366 e. The predicted molar refractivity (Wildman–Crippen MR) is 106 cm³/mol. The van der Waals surface area contributed by atoms with E-state index in [2.05, 4.69) is 20.2 Å². The Morgan fingerprint density at radius 1 is 1.27 bits per heavy atom. The van der Waals surface area contributed by atoms with E-state index < -0.39 is 11.9 Å². The smallest absolute Gasteiger partial charge is 0.255 e. The van der Waals surface area contributed by atoms with Gasteiger partial charge in [0, 0.05) is 57.2 Å². The number of rotatable bonds is 4. The highest BCUT2D eigenvalue weighted by Gasteiger charge is 2.25. The molecule has 1 unspecified atom stereocenters. The van der Waals surface area contributed by atoms with Gasteiger partial charge in [-0.3, -0.25) is 19.6 Å². The van der Waals surface area contributed by atoms with Gasteiger partial charge in [-0.2, -0.15) is 0 Å². The first-order valence-electron chi connectivity index (χ1n) is 9.94. The second kappa shape index (κ2) is 8.85. The van der Waals surface area contributed by atoms with Crippen molar-refractivity contribution in [2.45, 2.75) is 25.6 Å². The van der Waals surface area contributed by atoms with E-state index in [1.807, 2.05) is 13.1 Å². The molecule has 2 aliphatic rings. The number of nitrogens with zero attached hydrogens (tertiary/aromatic N) is 4. The molecular formula is C21H24FN5O3. The Kier molecular flexibility index (Phi) is 6.01. The minimum absolute atomic E-state index is 0.144. The number of hydrogen-bond acceptors (Lipinski definition) is 6. The van der Waals surface area contributed by atoms with E-state index in [1.54, 1.807) is 11.1 Å². The normalized spacial score (nSPS) is 19.3. The Labute approximate surface area is 174 Å². The Hall–Kier alpha value is -2.91. The van der Waals surface area contributed by atoms with Gasteiger partial charge in [0.25, 0.3) is 11.8 Å². The van der Waals surface area contributed by atoms with Crippen LogP contribution >= 0.6 is 0 Å². The SMILES string of the molecule is CN1CCOC(C(=O)NCc2cnc3c(c2)CN(C(=O)c2cncc(F)c2)CC3)C1. The van der Waals surface area contributed by atoms with Crippen LogP contribution in [-0.2, 0) is 29.0 Å². The van der Waals surface area contributed by atoms with Crippen LogP contribution in [0.5, 0.6) is 0 Å². The number of halogens is 1. The van der Waals surface area contributed by atoms with E-state index in [4.69, 9.17) is 4.74 Å². The third-order valence-corrected chi connectivity index (χ3v) is 5.36. The van der Waals surface area contributed by atoms with E-state index in [1.165, 1.54) is 12.3 Å². The van der Waals surface area contributed by atoms with Gasteiger partial charge in [0.2, 0.25) is 0 Å². The first-order valence-corrected chi connectivity index (χ1v) is 9.94. The summed E-state index contributed by atoms with van der Waals surface area (Å²) in [5.41, 5.74) is 2.95. The number of pyridine rings is 2. The molecule has 1 fully saturated rings. The van der Waals surface area contributed by atoms with E-state index in [0.717, 1.165) is 29.6 Å². The molecule has 30 heavy (non-hydrogen) atoms. The number of carbonyl (C=O) groups excluding carboxylic acids is 2. The van der Waals surface area contributed by atoms with Gasteiger partial charge in [-0.05, 0) is 30.3 Å². The molecule has 0 spiro atoms. The molecule has 2 aliphatic heterocycles. The maximum absolute atomic E-state index is 13.4. The quantitative estimate of drug-likeness (QED) is 0.797. The molecule has 0 bridgehead atoms. The molecule has 4 heterocycles. The van der Waals surface area contributed by atoms with E-state index in [0.29, 0.717) is 39.2 Å². The summed E-state index contributed by atoms with van der Waals surface area (Å²) in [5, 5.41) is 2.90. The molecule has 158 valence electrons. The summed E-state index contributed by atoms with van der Waals surface area (Å²) in [6.45, 7) is 3.16. The third-order valence-electron chi connectivity index (χ3n) is 5.36. The molecule has 4 rings (SSSR count). The Balaban J connectivity index is 1.39. The lowest BCUT2D eigenvalue weighted by Crippen LogP contribution is -2.48. The van der Waals surface area contributed by atoms with Crippen LogP contribution in [0.3, 0.4) is 0 Å². The van der Waals surface area contributed by atoms with Crippen molar-refractivity contribution in [3.8, 4) is 0 Å². The van der Waals surface area contributed by atoms with Crippen LogP contribution in [0.15, 0.2) is 30.7 Å². The third kappa shape index (κ3) is 4.63. The summed E-state index contributed by atoms with van der Waals surface area (Å²) >= 11 is 0. The predicted octanol–water partition coefficient (Wildman–Crippen LogP) is 0.761. The average Bonchev–Trinajstić information content (AvgIpc) is 2.76. The molecule has 1 atom stereocenters. The minimum atomic E-state index is -0.536. The van der Waals surface area contributed by atoms with Crippen LogP contribution in [-0.4, -0.2) is 71.0 Å². The Morgan fingerprint density at radius 3 is 2.93 bits per heavy atom. The molecule has 2 aromatic rings. The zero-order chi connectivity index (χ0) is 21.1. The lowest BCUT2D eigenvalue weighted by molar-refractivity contribution is -0.138. The first-order chi connectivity index (χ1) is 14.5. The maximum atomic E-state index is 13.4. The fourth-order valence-electron chi connectivity index (χ4n) is 3.70. The summed E-state index contributed by atoms with van der Waals surface area (Å²) in [6.07, 6.45) is 4.35. The number of amides is 2. The first kappa shape index (κ1) is 20.4. The van der Waals surface area contributed by atoms with Gasteiger partial charge in [0.1, 0.15) is 11.9 Å². The molecule has 0 aliphatic carbocycles. The molecule has 9 heteroatoms. The Morgan fingerprint density at radius 2 is 2.13 bits per heavy atom. The van der Waals surface area contributed by atoms with Gasteiger partial charge in [0.15, 0.2) is 0 Å². The number of aromatic nitrogens is 2. The van der Waals surface area contributed by atoms with Crippen molar-refractivity contribution < 1.29 is 18.7 Å². The van der Waals surface area contributed by atoms with Crippen molar-refractivity contribution >= 4 is 11.8 Å². The number of hydrogen-bond donors (Lipinski definition) is 1. The molecule has 2 aromatic heterocycles. The number of likely N-dealkylation sites (N-methyl/N-ethyl adjacent to an activating group) is 1. The average molecular weight is 413 g/mol. The second-order valence-corrected chi connectivity index (χ2v) is 7.66. The number of ether oxygens (including phenoxy) is 1. The van der Waals surface area contributed by atoms with Crippen molar-refractivity contribution in [2.24, 2.45) is 0 Å². The molecule has 0 radical (unpaired) electrons. The monoisotopic (exact) mass is 413 g/mol. The van der Waals surface area contributed by atoms with E-state index >= 15 is 0 Å². The van der Waals surface area contributed by atoms with Crippen molar-refractivity contribution in [3.63, 3.8) is 0 Å². The summed E-state index contributed by atoms with van der Waals surface area (Å²) in [5.74, 6) is -0.939. The topological polar surface area (TPSA) is 87.7 Å². The summed E-state index contributed by atoms with van der Waals surface area (Å²) < 4.78 is 18.9. The number of carbonyl (C=O) groups is 2. The molecule has 1 N–H and O–H groups in total. The molecular weight excluding hydrogens is 389 g/mol. The highest BCUT2D eigenvalue weighted by atomic mass is 19.1. The van der Waals surface area contributed by atoms with Gasteiger partial charge in [-0.15, -0.1) is 0 Å². The lowest BCUT2D eigenvalue weighted by atomic mass is 10.0. The van der Waals surface area contributed by atoms with E-state index in [-0.39, 0.29) is 17.4 Å². The fourth-order valence-corrected chi connectivity index (χ4v) is 3.70. The van der Waals surface area contributed by atoms with Gasteiger partial charge in [0.05, 0.1) is 18.4 Å². The molecule has 0 saturated carbocycles. The number of fused-ring (bicyclic) bond motifs is 1. The van der Waals surface area contributed by atoms with Crippen LogP contribution in [0.25, 0.3) is 0 Å². The zero-order valence-corrected chi connectivity index (χ0v) is 16.8. The maximum Gasteiger partial charge on any atom is 0.255 e. The highest BCUT2D eigenvalue weighted by molar-refractivity contribution is 5.94. The van der Waals surface area contributed by atoms with Crippen molar-refractivity contribution in [1.82, 2.24) is 25.1 Å². The summed E-state index contributed by atoms with van der Waals surface area (Å²) in [7, 11) is 1.96. The number of nitrogens with one attached hydrogen (secondary N) is 1. The second-order valence-electron chi connectivity index (χ2n) is 7.66. The van der Waals surface area contributed by atoms with Crippen LogP contribution < -0.4 is 5.32 Å². The zero-order valence-electron chi connectivity index (χ0n) is 16.8. The van der Waals surface area contributed by atoms with Crippen LogP contribution in [0.4, 0.5) is 4.39 Å². The van der Waals surface area contributed by atoms with Crippen molar-refractivity contribution in [1.29, 1.82) is 0 Å². The fraction of sp³-hybridized carbons (Fsp3) is 0.429. The highest BCUT2D eigenvalue weighted by Crippen LogP contribution is 2.20. The van der Waals surface area contributed by atoms with Gasteiger partial charge < -0.3 is 19.9 Å². The van der Waals surface area contributed by atoms with Gasteiger partial charge in [-0.1, -0.05) is 0 Å². The number of morpholine rings is 1. The van der Waals surface area contributed by atoms with Crippen LogP contribution in [0, 0.1) is 5.82 Å². The van der Waals surface area contributed by atoms with Crippen molar-refractivity contribution in [3.05, 3.63) is 58.9 Å². The van der Waals surface area contributed by atoms with Crippen molar-refractivity contribution in [2.75, 3.05) is 33.3 Å². The Bertz CT molecular complexity index is 954. The standard InChI is InChI=1S/C21H24FN5O3/c1-26-4-5-30-19(13-26)20(28)25-9-14-6-16-12-27(3-2-18(16)24-8-14)21(29)15-7-17(22)11-23-10-15/h6-8,10-11,19H,2-5,9,12-13H2,1H3,(H,25,28). The molecule has 8 nitrogen and oxygen atoms in total. The summed E-state index contributed by atoms with van der Waals surface area (Å²) in [6, 6.07) is 3.15. The largest absolute Gasteiger partial charge is 0.366 e.